The molecule has 1 heterocycles. The number of hydrogen-bond donors (Lipinski definition) is 2. The van der Waals surface area contributed by atoms with Gasteiger partial charge < -0.3 is 19.9 Å². The molecule has 0 radical (unpaired) electrons. The van der Waals surface area contributed by atoms with Crippen molar-refractivity contribution in [2.45, 2.75) is 12.6 Å². The first-order valence-electron chi connectivity index (χ1n) is 6.46. The van der Waals surface area contributed by atoms with E-state index in [0.717, 1.165) is 11.1 Å². The van der Waals surface area contributed by atoms with Crippen LogP contribution in [0.15, 0.2) is 24.3 Å². The van der Waals surface area contributed by atoms with Crippen LogP contribution in [0.1, 0.15) is 11.1 Å². The Hall–Kier alpha value is -1.87. The molecule has 20 heavy (non-hydrogen) atoms. The van der Waals surface area contributed by atoms with Crippen LogP contribution in [0.4, 0.5) is 0 Å². The van der Waals surface area contributed by atoms with Crippen LogP contribution in [0.5, 0.6) is 0 Å². The summed E-state index contributed by atoms with van der Waals surface area (Å²) in [6.07, 6.45) is -0.542. The highest BCUT2D eigenvalue weighted by Crippen LogP contribution is 2.08. The highest BCUT2D eigenvalue weighted by atomic mass is 16.6. The summed E-state index contributed by atoms with van der Waals surface area (Å²) in [5, 5.41) is 11.5. The lowest BCUT2D eigenvalue weighted by Gasteiger charge is -2.22. The molecule has 0 aromatic heterocycles. The Balaban J connectivity index is 1.94. The van der Waals surface area contributed by atoms with Gasteiger partial charge in [-0.2, -0.15) is 0 Å². The zero-order valence-corrected chi connectivity index (χ0v) is 11.1. The molecule has 1 saturated heterocycles. The van der Waals surface area contributed by atoms with Crippen molar-refractivity contribution < 1.29 is 19.4 Å². The molecule has 2 N–H and O–H groups in total. The molecule has 1 unspecified atom stereocenters. The number of aliphatic hydroxyl groups is 1. The maximum Gasteiger partial charge on any atom is 0.251 e. The van der Waals surface area contributed by atoms with Gasteiger partial charge in [0, 0.05) is 12.1 Å². The fourth-order valence-corrected chi connectivity index (χ4v) is 1.87. The molecule has 1 aliphatic heterocycles. The topological polar surface area (TPSA) is 67.8 Å². The minimum Gasteiger partial charge on any atom is -0.384 e. The Morgan fingerprint density at radius 2 is 2.25 bits per heavy atom. The van der Waals surface area contributed by atoms with Gasteiger partial charge in [-0.3, -0.25) is 4.79 Å². The van der Waals surface area contributed by atoms with Gasteiger partial charge in [-0.25, -0.2) is 0 Å². The number of amides is 1. The lowest BCUT2D eigenvalue weighted by Crippen LogP contribution is -2.42. The number of hydrogen-bond acceptors (Lipinski definition) is 4. The molecule has 1 aliphatic rings. The summed E-state index contributed by atoms with van der Waals surface area (Å²) < 4.78 is 10.5. The first-order chi connectivity index (χ1) is 9.81. The fourth-order valence-electron chi connectivity index (χ4n) is 1.87. The molecular formula is C15H17NO4. The van der Waals surface area contributed by atoms with E-state index in [-0.39, 0.29) is 19.1 Å². The Kier molecular flexibility index (Phi) is 5.56. The molecule has 1 amide bonds. The number of ether oxygens (including phenoxy) is 2. The lowest BCUT2D eigenvalue weighted by molar-refractivity contribution is -0.147. The van der Waals surface area contributed by atoms with Crippen LogP contribution < -0.4 is 5.32 Å². The standard InChI is InChI=1S/C15H17NO4/c17-7-3-6-12-4-1-2-5-13(12)10-16-15(18)14-11-19-8-9-20-14/h1-2,4-5,14,17H,7-11H2,(H,16,18). The molecule has 1 fully saturated rings. The normalized spacial score (nSPS) is 17.9. The second-order valence-electron chi connectivity index (χ2n) is 4.27. The number of carbonyl (C=O) groups excluding carboxylic acids is 1. The van der Waals surface area contributed by atoms with Crippen molar-refractivity contribution in [3.05, 3.63) is 35.4 Å². The van der Waals surface area contributed by atoms with E-state index in [0.29, 0.717) is 19.8 Å². The highest BCUT2D eigenvalue weighted by molar-refractivity contribution is 5.81. The average Bonchev–Trinajstić information content (AvgIpc) is 2.52. The third-order valence-corrected chi connectivity index (χ3v) is 2.88. The SMILES string of the molecule is O=C(NCc1ccccc1C#CCO)C1COCCO1. The van der Waals surface area contributed by atoms with Gasteiger partial charge in [-0.15, -0.1) is 0 Å². The predicted octanol–water partition coefficient (Wildman–Crippen LogP) is 0.0620. The predicted molar refractivity (Wildman–Crippen MR) is 72.8 cm³/mol. The molecular weight excluding hydrogens is 258 g/mol. The molecule has 2 rings (SSSR count). The van der Waals surface area contributed by atoms with Gasteiger partial charge in [0.05, 0.1) is 19.8 Å². The number of carbonyl (C=O) groups is 1. The van der Waals surface area contributed by atoms with Crippen LogP contribution in [-0.4, -0.2) is 43.5 Å². The van der Waals surface area contributed by atoms with Gasteiger partial charge in [0.1, 0.15) is 6.61 Å². The largest absolute Gasteiger partial charge is 0.384 e. The first kappa shape index (κ1) is 14.5. The van der Waals surface area contributed by atoms with E-state index in [9.17, 15) is 4.79 Å². The van der Waals surface area contributed by atoms with E-state index >= 15 is 0 Å². The van der Waals surface area contributed by atoms with E-state index in [1.165, 1.54) is 0 Å². The molecule has 5 heteroatoms. The van der Waals surface area contributed by atoms with Crippen LogP contribution in [0.25, 0.3) is 0 Å². The van der Waals surface area contributed by atoms with Crippen molar-refractivity contribution in [2.75, 3.05) is 26.4 Å². The maximum absolute atomic E-state index is 11.9. The summed E-state index contributed by atoms with van der Waals surface area (Å²) in [4.78, 5) is 11.9. The van der Waals surface area contributed by atoms with Gasteiger partial charge in [-0.1, -0.05) is 30.0 Å². The van der Waals surface area contributed by atoms with E-state index in [4.69, 9.17) is 14.6 Å². The molecule has 1 aromatic carbocycles. The van der Waals surface area contributed by atoms with E-state index in [2.05, 4.69) is 17.2 Å². The Bertz CT molecular complexity index is 512. The molecule has 0 bridgehead atoms. The third-order valence-electron chi connectivity index (χ3n) is 2.88. The van der Waals surface area contributed by atoms with Crippen molar-refractivity contribution >= 4 is 5.91 Å². The zero-order valence-electron chi connectivity index (χ0n) is 11.1. The minimum atomic E-state index is -0.542. The Labute approximate surface area is 117 Å². The van der Waals surface area contributed by atoms with E-state index in [1.807, 2.05) is 24.3 Å². The minimum absolute atomic E-state index is 0.186. The van der Waals surface area contributed by atoms with Crippen molar-refractivity contribution in [1.29, 1.82) is 0 Å². The van der Waals surface area contributed by atoms with E-state index in [1.54, 1.807) is 0 Å². The number of nitrogens with one attached hydrogen (secondary N) is 1. The molecule has 0 spiro atoms. The molecule has 0 saturated carbocycles. The van der Waals surface area contributed by atoms with Crippen LogP contribution in [0.2, 0.25) is 0 Å². The molecule has 106 valence electrons. The number of rotatable bonds is 3. The second-order valence-corrected chi connectivity index (χ2v) is 4.27. The zero-order chi connectivity index (χ0) is 14.2. The van der Waals surface area contributed by atoms with Gasteiger partial charge in [0.15, 0.2) is 6.10 Å². The second kappa shape index (κ2) is 7.65. The average molecular weight is 275 g/mol. The van der Waals surface area contributed by atoms with Gasteiger partial charge in [0.25, 0.3) is 5.91 Å². The monoisotopic (exact) mass is 275 g/mol. The molecule has 1 aromatic rings. The smallest absolute Gasteiger partial charge is 0.251 e. The summed E-state index contributed by atoms with van der Waals surface area (Å²) in [5.74, 6) is 5.28. The van der Waals surface area contributed by atoms with Gasteiger partial charge >= 0.3 is 0 Å². The number of benzene rings is 1. The molecule has 5 nitrogen and oxygen atoms in total. The van der Waals surface area contributed by atoms with Crippen molar-refractivity contribution in [2.24, 2.45) is 0 Å². The summed E-state index contributed by atoms with van der Waals surface area (Å²) >= 11 is 0. The Morgan fingerprint density at radius 1 is 1.40 bits per heavy atom. The lowest BCUT2D eigenvalue weighted by atomic mass is 10.1. The summed E-state index contributed by atoms with van der Waals surface area (Å²) in [7, 11) is 0. The van der Waals surface area contributed by atoms with Gasteiger partial charge in [0.2, 0.25) is 0 Å². The van der Waals surface area contributed by atoms with Crippen molar-refractivity contribution in [3.8, 4) is 11.8 Å². The Morgan fingerprint density at radius 3 is 3.00 bits per heavy atom. The van der Waals surface area contributed by atoms with Crippen LogP contribution in [0.3, 0.4) is 0 Å². The van der Waals surface area contributed by atoms with Crippen molar-refractivity contribution in [3.63, 3.8) is 0 Å². The first-order valence-corrected chi connectivity index (χ1v) is 6.46. The summed E-state index contributed by atoms with van der Waals surface area (Å²) in [6, 6.07) is 7.49. The third kappa shape index (κ3) is 4.07. The quantitative estimate of drug-likeness (QED) is 0.766. The number of aliphatic hydroxyl groups excluding tert-OH is 1. The highest BCUT2D eigenvalue weighted by Gasteiger charge is 2.22. The van der Waals surface area contributed by atoms with Crippen LogP contribution in [0, 0.1) is 11.8 Å². The molecule has 0 aliphatic carbocycles. The molecule has 1 atom stereocenters. The van der Waals surface area contributed by atoms with Crippen LogP contribution in [-0.2, 0) is 20.8 Å². The van der Waals surface area contributed by atoms with E-state index < -0.39 is 6.10 Å². The summed E-state index contributed by atoms with van der Waals surface area (Å²) in [6.45, 7) is 1.45. The van der Waals surface area contributed by atoms with Crippen molar-refractivity contribution in [1.82, 2.24) is 5.32 Å². The summed E-state index contributed by atoms with van der Waals surface area (Å²) in [5.41, 5.74) is 1.70. The maximum atomic E-state index is 11.9. The van der Waals surface area contributed by atoms with Gasteiger partial charge in [-0.05, 0) is 11.6 Å². The fraction of sp³-hybridized carbons (Fsp3) is 0.400. The van der Waals surface area contributed by atoms with Crippen LogP contribution >= 0.6 is 0 Å².